The van der Waals surface area contributed by atoms with Crippen LogP contribution in [0, 0.1) is 5.92 Å². The lowest BCUT2D eigenvalue weighted by Crippen LogP contribution is -2.11. The molecule has 3 heteroatoms. The first kappa shape index (κ1) is 15.7. The molecule has 1 N–H and O–H groups in total. The van der Waals surface area contributed by atoms with E-state index in [1.165, 1.54) is 42.6 Å². The molecule has 0 saturated heterocycles. The van der Waals surface area contributed by atoms with Gasteiger partial charge in [0, 0.05) is 17.9 Å². The third-order valence-corrected chi connectivity index (χ3v) is 5.23. The van der Waals surface area contributed by atoms with Crippen molar-refractivity contribution in [2.75, 3.05) is 19.4 Å². The van der Waals surface area contributed by atoms with E-state index in [1.807, 2.05) is 0 Å². The van der Waals surface area contributed by atoms with Gasteiger partial charge in [-0.15, -0.1) is 0 Å². The van der Waals surface area contributed by atoms with E-state index in [0.29, 0.717) is 0 Å². The molecule has 112 valence electrons. The van der Waals surface area contributed by atoms with E-state index < -0.39 is 0 Å². The Morgan fingerprint density at radius 3 is 2.80 bits per heavy atom. The molecule has 0 radical (unpaired) electrons. The highest BCUT2D eigenvalue weighted by Crippen LogP contribution is 2.31. The molecule has 1 aliphatic carbocycles. The zero-order valence-electron chi connectivity index (χ0n) is 12.8. The number of hydrogen-bond donors (Lipinski definition) is 1. The van der Waals surface area contributed by atoms with Crippen molar-refractivity contribution in [3.8, 4) is 5.75 Å². The maximum absolute atomic E-state index is 5.49. The molecule has 0 atom stereocenters. The van der Waals surface area contributed by atoms with E-state index in [0.717, 1.165) is 30.5 Å². The summed E-state index contributed by atoms with van der Waals surface area (Å²) in [5, 5.41) is 3.38. The van der Waals surface area contributed by atoms with Crippen molar-refractivity contribution < 1.29 is 4.74 Å². The number of hydrogen-bond acceptors (Lipinski definition) is 3. The SMILES string of the molecule is CCNCc1ccc(OC)c(CSCC2CCCC2)c1. The van der Waals surface area contributed by atoms with Crippen LogP contribution in [0.2, 0.25) is 0 Å². The van der Waals surface area contributed by atoms with E-state index in [1.54, 1.807) is 7.11 Å². The van der Waals surface area contributed by atoms with Crippen molar-refractivity contribution in [2.24, 2.45) is 5.92 Å². The average molecular weight is 293 g/mol. The van der Waals surface area contributed by atoms with Crippen molar-refractivity contribution in [1.82, 2.24) is 5.32 Å². The van der Waals surface area contributed by atoms with Crippen LogP contribution in [0.1, 0.15) is 43.7 Å². The summed E-state index contributed by atoms with van der Waals surface area (Å²) in [7, 11) is 1.77. The third kappa shape index (κ3) is 4.71. The van der Waals surface area contributed by atoms with Crippen LogP contribution >= 0.6 is 11.8 Å². The highest BCUT2D eigenvalue weighted by molar-refractivity contribution is 7.98. The van der Waals surface area contributed by atoms with E-state index in [-0.39, 0.29) is 0 Å². The van der Waals surface area contributed by atoms with Gasteiger partial charge in [-0.2, -0.15) is 11.8 Å². The fraction of sp³-hybridized carbons (Fsp3) is 0.647. The minimum atomic E-state index is 0.945. The van der Waals surface area contributed by atoms with Gasteiger partial charge in [-0.25, -0.2) is 0 Å². The number of thioether (sulfide) groups is 1. The fourth-order valence-corrected chi connectivity index (χ4v) is 4.07. The standard InChI is InChI=1S/C17H27NOS/c1-3-18-11-15-8-9-17(19-2)16(10-15)13-20-12-14-6-4-5-7-14/h8-10,14,18H,3-7,11-13H2,1-2H3. The summed E-state index contributed by atoms with van der Waals surface area (Å²) in [6.45, 7) is 4.10. The minimum absolute atomic E-state index is 0.945. The minimum Gasteiger partial charge on any atom is -0.496 e. The molecule has 0 bridgehead atoms. The predicted molar refractivity (Wildman–Crippen MR) is 88.5 cm³/mol. The van der Waals surface area contributed by atoms with Gasteiger partial charge in [-0.3, -0.25) is 0 Å². The first-order valence-corrected chi connectivity index (χ1v) is 8.93. The van der Waals surface area contributed by atoms with Gasteiger partial charge in [0.1, 0.15) is 5.75 Å². The lowest BCUT2D eigenvalue weighted by Gasteiger charge is -2.13. The van der Waals surface area contributed by atoms with Gasteiger partial charge in [-0.1, -0.05) is 25.8 Å². The Kier molecular flexibility index (Phi) is 6.74. The number of rotatable bonds is 8. The Bertz CT molecular complexity index is 402. The van der Waals surface area contributed by atoms with Crippen molar-refractivity contribution in [2.45, 2.75) is 44.9 Å². The molecule has 2 nitrogen and oxygen atoms in total. The quantitative estimate of drug-likeness (QED) is 0.775. The molecule has 0 unspecified atom stereocenters. The fourth-order valence-electron chi connectivity index (χ4n) is 2.84. The second kappa shape index (κ2) is 8.58. The summed E-state index contributed by atoms with van der Waals surface area (Å²) in [6.07, 6.45) is 5.74. The Morgan fingerprint density at radius 2 is 2.10 bits per heavy atom. The Hall–Kier alpha value is -0.670. The molecule has 20 heavy (non-hydrogen) atoms. The number of benzene rings is 1. The maximum atomic E-state index is 5.49. The summed E-state index contributed by atoms with van der Waals surface area (Å²) in [5.74, 6) is 4.36. The molecule has 0 amide bonds. The molecule has 2 rings (SSSR count). The average Bonchev–Trinajstić information content (AvgIpc) is 2.98. The molecule has 1 saturated carbocycles. The summed E-state index contributed by atoms with van der Waals surface area (Å²) >= 11 is 2.07. The van der Waals surface area contributed by atoms with Crippen molar-refractivity contribution in [3.63, 3.8) is 0 Å². The van der Waals surface area contributed by atoms with Crippen LogP contribution in [0.25, 0.3) is 0 Å². The van der Waals surface area contributed by atoms with Crippen LogP contribution < -0.4 is 10.1 Å². The summed E-state index contributed by atoms with van der Waals surface area (Å²) < 4.78 is 5.49. The third-order valence-electron chi connectivity index (χ3n) is 4.01. The second-order valence-corrected chi connectivity index (χ2v) is 6.62. The summed E-state index contributed by atoms with van der Waals surface area (Å²) in [6, 6.07) is 6.56. The Labute approximate surface area is 127 Å². The molecule has 0 heterocycles. The van der Waals surface area contributed by atoms with Gasteiger partial charge >= 0.3 is 0 Å². The smallest absolute Gasteiger partial charge is 0.122 e. The normalized spacial score (nSPS) is 15.7. The number of nitrogens with one attached hydrogen (secondary N) is 1. The molecule has 0 aromatic heterocycles. The predicted octanol–water partition coefficient (Wildman–Crippen LogP) is 4.23. The topological polar surface area (TPSA) is 21.3 Å². The van der Waals surface area contributed by atoms with Gasteiger partial charge in [0.15, 0.2) is 0 Å². The number of methoxy groups -OCH3 is 1. The van der Waals surface area contributed by atoms with Crippen LogP contribution in [0.3, 0.4) is 0 Å². The van der Waals surface area contributed by atoms with Crippen molar-refractivity contribution in [1.29, 1.82) is 0 Å². The molecule has 0 aliphatic heterocycles. The van der Waals surface area contributed by atoms with Crippen molar-refractivity contribution in [3.05, 3.63) is 29.3 Å². The van der Waals surface area contributed by atoms with Gasteiger partial charge in [0.2, 0.25) is 0 Å². The van der Waals surface area contributed by atoms with Crippen LogP contribution in [0.5, 0.6) is 5.75 Å². The van der Waals surface area contributed by atoms with Crippen molar-refractivity contribution >= 4 is 11.8 Å². The van der Waals surface area contributed by atoms with Crippen LogP contribution in [0.15, 0.2) is 18.2 Å². The molecule has 1 aromatic carbocycles. The summed E-state index contributed by atoms with van der Waals surface area (Å²) in [5.41, 5.74) is 2.69. The lowest BCUT2D eigenvalue weighted by atomic mass is 10.1. The lowest BCUT2D eigenvalue weighted by molar-refractivity contribution is 0.411. The van der Waals surface area contributed by atoms with Gasteiger partial charge in [-0.05, 0) is 48.8 Å². The number of ether oxygens (including phenoxy) is 1. The van der Waals surface area contributed by atoms with E-state index >= 15 is 0 Å². The Morgan fingerprint density at radius 1 is 1.30 bits per heavy atom. The Balaban J connectivity index is 1.89. The highest BCUT2D eigenvalue weighted by atomic mass is 32.2. The van der Waals surface area contributed by atoms with Gasteiger partial charge in [0.25, 0.3) is 0 Å². The molecule has 1 fully saturated rings. The zero-order chi connectivity index (χ0) is 14.2. The molecule has 0 spiro atoms. The maximum Gasteiger partial charge on any atom is 0.122 e. The molecular formula is C17H27NOS. The van der Waals surface area contributed by atoms with Gasteiger partial charge in [0.05, 0.1) is 7.11 Å². The zero-order valence-corrected chi connectivity index (χ0v) is 13.6. The largest absolute Gasteiger partial charge is 0.496 e. The van der Waals surface area contributed by atoms with E-state index in [4.69, 9.17) is 4.74 Å². The molecule has 1 aliphatic rings. The molecule has 1 aromatic rings. The molecular weight excluding hydrogens is 266 g/mol. The first-order chi connectivity index (χ1) is 9.83. The van der Waals surface area contributed by atoms with Crippen LogP contribution in [-0.4, -0.2) is 19.4 Å². The van der Waals surface area contributed by atoms with Crippen LogP contribution in [0.4, 0.5) is 0 Å². The summed E-state index contributed by atoms with van der Waals surface area (Å²) in [4.78, 5) is 0. The monoisotopic (exact) mass is 293 g/mol. The van der Waals surface area contributed by atoms with Crippen LogP contribution in [-0.2, 0) is 12.3 Å². The first-order valence-electron chi connectivity index (χ1n) is 7.77. The second-order valence-electron chi connectivity index (χ2n) is 5.59. The van der Waals surface area contributed by atoms with Gasteiger partial charge < -0.3 is 10.1 Å². The highest BCUT2D eigenvalue weighted by Gasteiger charge is 2.15. The van der Waals surface area contributed by atoms with E-state index in [9.17, 15) is 0 Å². The van der Waals surface area contributed by atoms with E-state index in [2.05, 4.69) is 42.2 Å².